The molecular formula is C11H12BrFN2O3. The lowest BCUT2D eigenvalue weighted by atomic mass is 10.2. The summed E-state index contributed by atoms with van der Waals surface area (Å²) in [6.07, 6.45) is -0.391. The number of carboxylic acid groups (broad SMARTS) is 1. The Kier molecular flexibility index (Phi) is 4.80. The van der Waals surface area contributed by atoms with Crippen LogP contribution in [0.2, 0.25) is 0 Å². The fourth-order valence-electron chi connectivity index (χ4n) is 1.29. The number of hydrogen-bond donors (Lipinski definition) is 2. The van der Waals surface area contributed by atoms with Crippen molar-refractivity contribution in [3.05, 3.63) is 28.5 Å². The third-order valence-corrected chi connectivity index (χ3v) is 2.85. The second-order valence-electron chi connectivity index (χ2n) is 3.70. The highest BCUT2D eigenvalue weighted by Crippen LogP contribution is 2.23. The van der Waals surface area contributed by atoms with E-state index in [-0.39, 0.29) is 5.69 Å². The second-order valence-corrected chi connectivity index (χ2v) is 4.61. The van der Waals surface area contributed by atoms with E-state index in [0.717, 1.165) is 4.90 Å². The molecule has 0 saturated heterocycles. The Balaban J connectivity index is 2.86. The number of hydrogen-bond acceptors (Lipinski definition) is 3. The molecule has 1 aromatic rings. The van der Waals surface area contributed by atoms with E-state index in [1.807, 2.05) is 0 Å². The van der Waals surface area contributed by atoms with Crippen LogP contribution < -0.4 is 10.6 Å². The number of halogens is 2. The van der Waals surface area contributed by atoms with Crippen LogP contribution in [0.3, 0.4) is 0 Å². The summed E-state index contributed by atoms with van der Waals surface area (Å²) in [5, 5.41) is 8.60. The van der Waals surface area contributed by atoms with E-state index in [1.165, 1.54) is 25.2 Å². The zero-order valence-corrected chi connectivity index (χ0v) is 11.1. The van der Waals surface area contributed by atoms with Crippen LogP contribution in [-0.4, -0.2) is 30.1 Å². The van der Waals surface area contributed by atoms with Gasteiger partial charge in [0.25, 0.3) is 0 Å². The van der Waals surface area contributed by atoms with Crippen molar-refractivity contribution in [1.82, 2.24) is 0 Å². The van der Waals surface area contributed by atoms with E-state index in [4.69, 9.17) is 10.8 Å². The molecule has 98 valence electrons. The molecule has 0 spiro atoms. The molecule has 1 aromatic carbocycles. The van der Waals surface area contributed by atoms with Crippen molar-refractivity contribution in [2.75, 3.05) is 11.9 Å². The highest BCUT2D eigenvalue weighted by molar-refractivity contribution is 9.10. The number of rotatable bonds is 4. The van der Waals surface area contributed by atoms with Gasteiger partial charge in [0.1, 0.15) is 11.9 Å². The molecule has 3 N–H and O–H groups in total. The van der Waals surface area contributed by atoms with Crippen LogP contribution in [0.5, 0.6) is 0 Å². The Morgan fingerprint density at radius 2 is 2.17 bits per heavy atom. The zero-order chi connectivity index (χ0) is 13.9. The number of nitrogens with two attached hydrogens (primary N) is 1. The van der Waals surface area contributed by atoms with E-state index >= 15 is 0 Å². The van der Waals surface area contributed by atoms with Crippen LogP contribution in [0.1, 0.15) is 6.42 Å². The maximum atomic E-state index is 13.5. The SMILES string of the molecule is CN(C(=O)CC(N)C(=O)O)c1cc(Br)ccc1F. The first kappa shape index (κ1) is 14.6. The first-order chi connectivity index (χ1) is 8.32. The molecule has 0 radical (unpaired) electrons. The minimum Gasteiger partial charge on any atom is -0.480 e. The average molecular weight is 319 g/mol. The molecule has 1 atom stereocenters. The van der Waals surface area contributed by atoms with Crippen LogP contribution >= 0.6 is 15.9 Å². The average Bonchev–Trinajstić information content (AvgIpc) is 2.31. The summed E-state index contributed by atoms with van der Waals surface area (Å²) >= 11 is 3.16. The highest BCUT2D eigenvalue weighted by atomic mass is 79.9. The smallest absolute Gasteiger partial charge is 0.321 e. The van der Waals surface area contributed by atoms with Crippen molar-refractivity contribution in [2.24, 2.45) is 5.73 Å². The first-order valence-electron chi connectivity index (χ1n) is 5.03. The number of carbonyl (C=O) groups is 2. The highest BCUT2D eigenvalue weighted by Gasteiger charge is 2.21. The van der Waals surface area contributed by atoms with E-state index in [0.29, 0.717) is 4.47 Å². The van der Waals surface area contributed by atoms with Gasteiger partial charge in [-0.05, 0) is 18.2 Å². The molecule has 1 rings (SSSR count). The standard InChI is InChI=1S/C11H12BrFN2O3/c1-15(10(16)5-8(14)11(17)18)9-4-6(12)2-3-7(9)13/h2-4,8H,5,14H2,1H3,(H,17,18). The molecule has 0 heterocycles. The van der Waals surface area contributed by atoms with Crippen molar-refractivity contribution in [3.63, 3.8) is 0 Å². The van der Waals surface area contributed by atoms with Gasteiger partial charge in [0.2, 0.25) is 5.91 Å². The molecule has 0 aliphatic rings. The Morgan fingerprint density at radius 3 is 2.72 bits per heavy atom. The minimum atomic E-state index is -1.30. The van der Waals surface area contributed by atoms with Gasteiger partial charge >= 0.3 is 5.97 Å². The summed E-state index contributed by atoms with van der Waals surface area (Å²) < 4.78 is 14.1. The number of aliphatic carboxylic acids is 1. The third kappa shape index (κ3) is 3.51. The van der Waals surface area contributed by atoms with Gasteiger partial charge in [-0.3, -0.25) is 9.59 Å². The maximum Gasteiger partial charge on any atom is 0.321 e. The van der Waals surface area contributed by atoms with Gasteiger partial charge in [0, 0.05) is 11.5 Å². The molecule has 0 bridgehead atoms. The largest absolute Gasteiger partial charge is 0.480 e. The van der Waals surface area contributed by atoms with Crippen LogP contribution in [0.15, 0.2) is 22.7 Å². The number of amides is 1. The zero-order valence-electron chi connectivity index (χ0n) is 9.56. The summed E-state index contributed by atoms with van der Waals surface area (Å²) in [6, 6.07) is 2.84. The lowest BCUT2D eigenvalue weighted by molar-refractivity contribution is -0.140. The van der Waals surface area contributed by atoms with Crippen molar-refractivity contribution in [3.8, 4) is 0 Å². The van der Waals surface area contributed by atoms with Crippen molar-refractivity contribution in [1.29, 1.82) is 0 Å². The van der Waals surface area contributed by atoms with Gasteiger partial charge in [0.15, 0.2) is 0 Å². The van der Waals surface area contributed by atoms with Crippen LogP contribution in [0, 0.1) is 5.82 Å². The molecule has 0 aromatic heterocycles. The van der Waals surface area contributed by atoms with Crippen LogP contribution in [-0.2, 0) is 9.59 Å². The summed E-state index contributed by atoms with van der Waals surface area (Å²) in [4.78, 5) is 23.3. The predicted octanol–water partition coefficient (Wildman–Crippen LogP) is 1.35. The maximum absolute atomic E-state index is 13.5. The lowest BCUT2D eigenvalue weighted by Crippen LogP contribution is -2.38. The Morgan fingerprint density at radius 1 is 1.56 bits per heavy atom. The molecule has 5 nitrogen and oxygen atoms in total. The molecular weight excluding hydrogens is 307 g/mol. The van der Waals surface area contributed by atoms with Crippen LogP contribution in [0.25, 0.3) is 0 Å². The van der Waals surface area contributed by atoms with Crippen molar-refractivity contribution in [2.45, 2.75) is 12.5 Å². The summed E-state index contributed by atoms with van der Waals surface area (Å²) in [6.45, 7) is 0. The van der Waals surface area contributed by atoms with Crippen molar-refractivity contribution >= 4 is 33.5 Å². The van der Waals surface area contributed by atoms with Gasteiger partial charge < -0.3 is 15.7 Å². The predicted molar refractivity (Wildman–Crippen MR) is 67.7 cm³/mol. The van der Waals surface area contributed by atoms with E-state index in [2.05, 4.69) is 15.9 Å². The van der Waals surface area contributed by atoms with Gasteiger partial charge in [-0.1, -0.05) is 15.9 Å². The molecule has 18 heavy (non-hydrogen) atoms. The normalized spacial score (nSPS) is 12.0. The van der Waals surface area contributed by atoms with Crippen molar-refractivity contribution < 1.29 is 19.1 Å². The monoisotopic (exact) mass is 318 g/mol. The number of anilines is 1. The first-order valence-corrected chi connectivity index (χ1v) is 5.82. The number of carbonyl (C=O) groups excluding carboxylic acids is 1. The minimum absolute atomic E-state index is 0.0620. The number of carboxylic acids is 1. The molecule has 0 aliphatic carbocycles. The molecule has 7 heteroatoms. The van der Waals surface area contributed by atoms with Gasteiger partial charge in [-0.15, -0.1) is 0 Å². The second kappa shape index (κ2) is 5.92. The van der Waals surface area contributed by atoms with Gasteiger partial charge in [-0.25, -0.2) is 4.39 Å². The quantitative estimate of drug-likeness (QED) is 0.877. The topological polar surface area (TPSA) is 83.6 Å². The lowest BCUT2D eigenvalue weighted by Gasteiger charge is -2.19. The van der Waals surface area contributed by atoms with E-state index in [9.17, 15) is 14.0 Å². The number of benzene rings is 1. The Hall–Kier alpha value is -1.47. The van der Waals surface area contributed by atoms with Crippen LogP contribution in [0.4, 0.5) is 10.1 Å². The Bertz CT molecular complexity index is 481. The van der Waals surface area contributed by atoms with E-state index in [1.54, 1.807) is 0 Å². The fraction of sp³-hybridized carbons (Fsp3) is 0.273. The molecule has 1 amide bonds. The van der Waals surface area contributed by atoms with Gasteiger partial charge in [0.05, 0.1) is 12.1 Å². The molecule has 1 unspecified atom stereocenters. The molecule has 0 saturated carbocycles. The van der Waals surface area contributed by atoms with Gasteiger partial charge in [-0.2, -0.15) is 0 Å². The summed E-state index contributed by atoms with van der Waals surface area (Å²) in [5.74, 6) is -2.41. The molecule has 0 fully saturated rings. The molecule has 0 aliphatic heterocycles. The van der Waals surface area contributed by atoms with E-state index < -0.39 is 30.2 Å². The fourth-order valence-corrected chi connectivity index (χ4v) is 1.64. The Labute approximate surface area is 112 Å². The summed E-state index contributed by atoms with van der Waals surface area (Å²) in [7, 11) is 1.36. The third-order valence-electron chi connectivity index (χ3n) is 2.36. The number of nitrogens with zero attached hydrogens (tertiary/aromatic N) is 1. The summed E-state index contributed by atoms with van der Waals surface area (Å²) in [5.41, 5.74) is 5.31.